The van der Waals surface area contributed by atoms with E-state index in [9.17, 15) is 9.18 Å². The van der Waals surface area contributed by atoms with E-state index in [1.165, 1.54) is 12.1 Å². The Morgan fingerprint density at radius 2 is 1.75 bits per heavy atom. The van der Waals surface area contributed by atoms with Gasteiger partial charge in [-0.25, -0.2) is 9.40 Å². The number of hydrogen-bond donors (Lipinski definition) is 1. The summed E-state index contributed by atoms with van der Waals surface area (Å²) in [5.41, 5.74) is 2.80. The van der Waals surface area contributed by atoms with E-state index in [2.05, 4.69) is 5.43 Å². The molecule has 0 saturated carbocycles. The van der Waals surface area contributed by atoms with Crippen LogP contribution in [0.25, 0.3) is 0 Å². The van der Waals surface area contributed by atoms with Crippen molar-refractivity contribution in [2.24, 2.45) is 0 Å². The molecule has 1 rings (SSSR count). The highest BCUT2D eigenvalue weighted by atomic mass is 19.1. The molecule has 0 saturated heterocycles. The maximum absolute atomic E-state index is 12.8. The van der Waals surface area contributed by atoms with Gasteiger partial charge < -0.3 is 0 Å². The van der Waals surface area contributed by atoms with Crippen molar-refractivity contribution in [1.82, 2.24) is 10.4 Å². The summed E-state index contributed by atoms with van der Waals surface area (Å²) in [6, 6.07) is 5.98. The molecule has 0 radical (unpaired) electrons. The number of carbonyl (C=O) groups excluding carboxylic acids is 1. The predicted molar refractivity (Wildman–Crippen MR) is 61.3 cm³/mol. The van der Waals surface area contributed by atoms with E-state index in [1.54, 1.807) is 45.1 Å². The van der Waals surface area contributed by atoms with Crippen LogP contribution < -0.4 is 5.43 Å². The number of carbonyl (C=O) groups is 1. The van der Waals surface area contributed by atoms with Crippen LogP contribution in [0, 0.1) is 5.82 Å². The molecule has 0 bridgehead atoms. The smallest absolute Gasteiger partial charge is 0.244 e. The maximum Gasteiger partial charge on any atom is 0.244 e. The third kappa shape index (κ3) is 2.79. The van der Waals surface area contributed by atoms with Gasteiger partial charge in [0, 0.05) is 14.1 Å². The molecule has 0 aliphatic heterocycles. The van der Waals surface area contributed by atoms with Crippen molar-refractivity contribution in [3.8, 4) is 0 Å². The van der Waals surface area contributed by atoms with E-state index in [1.807, 2.05) is 0 Å². The lowest BCUT2D eigenvalue weighted by Crippen LogP contribution is -2.46. The summed E-state index contributed by atoms with van der Waals surface area (Å²) in [7, 11) is 3.50. The van der Waals surface area contributed by atoms with Crippen molar-refractivity contribution >= 4 is 5.91 Å². The minimum absolute atomic E-state index is 0.121. The molecule has 1 N–H and O–H groups in total. The average molecular weight is 224 g/mol. The minimum atomic E-state index is -0.683. The normalized spacial score (nSPS) is 11.6. The standard InChI is InChI=1S/C12H17FN2O/c1-12(2,11(16)14-15(3)4)9-5-7-10(13)8-6-9/h5-8H,1-4H3,(H,14,16). The Hall–Kier alpha value is -1.42. The zero-order valence-electron chi connectivity index (χ0n) is 10.0. The molecule has 0 fully saturated rings. The van der Waals surface area contributed by atoms with Crippen LogP contribution in [0.4, 0.5) is 4.39 Å². The summed E-state index contributed by atoms with van der Waals surface area (Å²) >= 11 is 0. The fraction of sp³-hybridized carbons (Fsp3) is 0.417. The monoisotopic (exact) mass is 224 g/mol. The molecule has 1 amide bonds. The Balaban J connectivity index is 2.92. The van der Waals surface area contributed by atoms with Crippen molar-refractivity contribution in [1.29, 1.82) is 0 Å². The predicted octanol–water partition coefficient (Wildman–Crippen LogP) is 1.70. The van der Waals surface area contributed by atoms with E-state index in [0.717, 1.165) is 5.56 Å². The molecule has 0 aromatic heterocycles. The molecule has 0 spiro atoms. The lowest BCUT2D eigenvalue weighted by molar-refractivity contribution is -0.129. The van der Waals surface area contributed by atoms with Gasteiger partial charge in [0.05, 0.1) is 5.41 Å². The van der Waals surface area contributed by atoms with Gasteiger partial charge in [-0.1, -0.05) is 12.1 Å². The van der Waals surface area contributed by atoms with Crippen molar-refractivity contribution in [3.63, 3.8) is 0 Å². The summed E-state index contributed by atoms with van der Waals surface area (Å²) in [4.78, 5) is 11.9. The highest BCUT2D eigenvalue weighted by Crippen LogP contribution is 2.23. The topological polar surface area (TPSA) is 32.3 Å². The highest BCUT2D eigenvalue weighted by molar-refractivity contribution is 5.86. The Morgan fingerprint density at radius 3 is 2.19 bits per heavy atom. The third-order valence-corrected chi connectivity index (χ3v) is 2.46. The number of benzene rings is 1. The van der Waals surface area contributed by atoms with Gasteiger partial charge in [-0.05, 0) is 31.5 Å². The zero-order chi connectivity index (χ0) is 12.3. The molecule has 0 unspecified atom stereocenters. The molecular weight excluding hydrogens is 207 g/mol. The van der Waals surface area contributed by atoms with Crippen LogP contribution in [0.1, 0.15) is 19.4 Å². The largest absolute Gasteiger partial charge is 0.289 e. The van der Waals surface area contributed by atoms with E-state index in [4.69, 9.17) is 0 Å². The first-order valence-corrected chi connectivity index (χ1v) is 5.08. The molecule has 0 heterocycles. The van der Waals surface area contributed by atoms with Gasteiger partial charge in [0.15, 0.2) is 0 Å². The SMILES string of the molecule is CN(C)NC(=O)C(C)(C)c1ccc(F)cc1. The van der Waals surface area contributed by atoms with Crippen LogP contribution in [-0.2, 0) is 10.2 Å². The first-order valence-electron chi connectivity index (χ1n) is 5.08. The van der Waals surface area contributed by atoms with Crippen LogP contribution in [0.2, 0.25) is 0 Å². The van der Waals surface area contributed by atoms with Crippen LogP contribution in [0.5, 0.6) is 0 Å². The van der Waals surface area contributed by atoms with Crippen LogP contribution in [0.15, 0.2) is 24.3 Å². The fourth-order valence-electron chi connectivity index (χ4n) is 1.34. The molecule has 0 atom stereocenters. The van der Waals surface area contributed by atoms with E-state index >= 15 is 0 Å². The van der Waals surface area contributed by atoms with Crippen molar-refractivity contribution in [2.45, 2.75) is 19.3 Å². The van der Waals surface area contributed by atoms with Gasteiger partial charge in [0.2, 0.25) is 5.91 Å². The molecule has 1 aromatic rings. The fourth-order valence-corrected chi connectivity index (χ4v) is 1.34. The average Bonchev–Trinajstić information content (AvgIpc) is 2.17. The van der Waals surface area contributed by atoms with Crippen LogP contribution in [0.3, 0.4) is 0 Å². The molecule has 0 aliphatic rings. The molecule has 1 aromatic carbocycles. The molecular formula is C12H17FN2O. The number of rotatable bonds is 3. The second-order valence-electron chi connectivity index (χ2n) is 4.47. The zero-order valence-corrected chi connectivity index (χ0v) is 10.0. The number of halogens is 1. The number of nitrogens with one attached hydrogen (secondary N) is 1. The van der Waals surface area contributed by atoms with Crippen molar-refractivity contribution in [2.75, 3.05) is 14.1 Å². The first-order chi connectivity index (χ1) is 7.34. The Bertz CT molecular complexity index is 371. The van der Waals surface area contributed by atoms with Crippen LogP contribution >= 0.6 is 0 Å². The van der Waals surface area contributed by atoms with E-state index in [0.29, 0.717) is 0 Å². The van der Waals surface area contributed by atoms with Crippen LogP contribution in [-0.4, -0.2) is 25.0 Å². The molecule has 16 heavy (non-hydrogen) atoms. The lowest BCUT2D eigenvalue weighted by Gasteiger charge is -2.26. The summed E-state index contributed by atoms with van der Waals surface area (Å²) in [6.45, 7) is 3.61. The minimum Gasteiger partial charge on any atom is -0.289 e. The molecule has 88 valence electrons. The first kappa shape index (κ1) is 12.6. The van der Waals surface area contributed by atoms with Gasteiger partial charge in [0.25, 0.3) is 0 Å². The molecule has 3 nitrogen and oxygen atoms in total. The number of hydrazine groups is 1. The number of hydrogen-bond acceptors (Lipinski definition) is 2. The molecule has 4 heteroatoms. The molecule has 0 aliphatic carbocycles. The number of nitrogens with zero attached hydrogens (tertiary/aromatic N) is 1. The highest BCUT2D eigenvalue weighted by Gasteiger charge is 2.29. The van der Waals surface area contributed by atoms with E-state index in [-0.39, 0.29) is 11.7 Å². The Morgan fingerprint density at radius 1 is 1.25 bits per heavy atom. The summed E-state index contributed by atoms with van der Waals surface area (Å²) in [6.07, 6.45) is 0. The summed E-state index contributed by atoms with van der Waals surface area (Å²) in [5, 5.41) is 1.59. The summed E-state index contributed by atoms with van der Waals surface area (Å²) in [5.74, 6) is -0.420. The van der Waals surface area contributed by atoms with Gasteiger partial charge in [0.1, 0.15) is 5.82 Å². The van der Waals surface area contributed by atoms with Gasteiger partial charge in [-0.15, -0.1) is 0 Å². The van der Waals surface area contributed by atoms with Gasteiger partial charge >= 0.3 is 0 Å². The maximum atomic E-state index is 12.8. The Labute approximate surface area is 95.2 Å². The van der Waals surface area contributed by atoms with Crippen molar-refractivity contribution < 1.29 is 9.18 Å². The Kier molecular flexibility index (Phi) is 3.65. The van der Waals surface area contributed by atoms with Gasteiger partial charge in [-0.2, -0.15) is 0 Å². The second-order valence-corrected chi connectivity index (χ2v) is 4.47. The van der Waals surface area contributed by atoms with E-state index < -0.39 is 5.41 Å². The quantitative estimate of drug-likeness (QED) is 0.792. The second kappa shape index (κ2) is 4.61. The van der Waals surface area contributed by atoms with Gasteiger partial charge in [-0.3, -0.25) is 10.2 Å². The number of amides is 1. The summed E-state index contributed by atoms with van der Waals surface area (Å²) < 4.78 is 12.8. The third-order valence-electron chi connectivity index (χ3n) is 2.46. The van der Waals surface area contributed by atoms with Crippen molar-refractivity contribution in [3.05, 3.63) is 35.6 Å². The lowest BCUT2D eigenvalue weighted by atomic mass is 9.84.